The number of nitrogens with one attached hydrogen (secondary N) is 3. The number of hydrogen-bond donors (Lipinski definition) is 3. The molecule has 29 heavy (non-hydrogen) atoms. The minimum Gasteiger partial charge on any atom is -0.493 e. The fourth-order valence-corrected chi connectivity index (χ4v) is 3.71. The van der Waals surface area contributed by atoms with Gasteiger partial charge in [-0.05, 0) is 43.7 Å². The Labute approximate surface area is 177 Å². The quantitative estimate of drug-likeness (QED) is 0.629. The summed E-state index contributed by atoms with van der Waals surface area (Å²) in [5.41, 5.74) is 3.31. The van der Waals surface area contributed by atoms with Gasteiger partial charge in [-0.15, -0.1) is 0 Å². The normalized spacial score (nSPS) is 16.0. The molecule has 0 spiro atoms. The Balaban J connectivity index is 2.02. The lowest BCUT2D eigenvalue weighted by atomic mass is 9.94. The van der Waals surface area contributed by atoms with Crippen LogP contribution in [-0.4, -0.2) is 26.2 Å². The first-order chi connectivity index (χ1) is 13.8. The summed E-state index contributed by atoms with van der Waals surface area (Å²) < 4.78 is 11.4. The first-order valence-corrected chi connectivity index (χ1v) is 9.71. The van der Waals surface area contributed by atoms with Gasteiger partial charge in [0.05, 0.1) is 25.8 Å². The van der Waals surface area contributed by atoms with Crippen molar-refractivity contribution in [2.45, 2.75) is 19.9 Å². The molecule has 3 rings (SSSR count). The number of ether oxygens (including phenoxy) is 2. The third kappa shape index (κ3) is 4.37. The zero-order chi connectivity index (χ0) is 21.1. The van der Waals surface area contributed by atoms with Crippen molar-refractivity contribution in [3.8, 4) is 11.5 Å². The van der Waals surface area contributed by atoms with Crippen molar-refractivity contribution >= 4 is 33.6 Å². The van der Waals surface area contributed by atoms with Crippen molar-refractivity contribution in [3.05, 3.63) is 63.3 Å². The second kappa shape index (κ2) is 8.57. The maximum atomic E-state index is 13.1. The van der Waals surface area contributed by atoms with Crippen LogP contribution in [0.4, 0.5) is 10.5 Å². The molecule has 1 unspecified atom stereocenters. The van der Waals surface area contributed by atoms with Gasteiger partial charge in [-0.25, -0.2) is 4.79 Å². The number of rotatable bonds is 5. The molecule has 2 aromatic carbocycles. The number of methoxy groups -OCH3 is 2. The van der Waals surface area contributed by atoms with Gasteiger partial charge in [0.2, 0.25) is 0 Å². The van der Waals surface area contributed by atoms with Gasteiger partial charge in [0, 0.05) is 15.9 Å². The molecule has 0 fully saturated rings. The topological polar surface area (TPSA) is 88.7 Å². The number of aryl methyl sites for hydroxylation is 1. The summed E-state index contributed by atoms with van der Waals surface area (Å²) in [5, 5.41) is 8.39. The van der Waals surface area contributed by atoms with Crippen LogP contribution in [0.25, 0.3) is 0 Å². The van der Waals surface area contributed by atoms with Gasteiger partial charge in [-0.3, -0.25) is 4.79 Å². The van der Waals surface area contributed by atoms with Crippen LogP contribution in [-0.2, 0) is 4.79 Å². The molecular formula is C21H22BrN3O4. The molecule has 3 amide bonds. The van der Waals surface area contributed by atoms with Crippen molar-refractivity contribution in [3.63, 3.8) is 0 Å². The molecule has 8 heteroatoms. The molecule has 2 aromatic rings. The third-order valence-electron chi connectivity index (χ3n) is 4.64. The summed E-state index contributed by atoms with van der Waals surface area (Å²) in [7, 11) is 3.07. The highest BCUT2D eigenvalue weighted by atomic mass is 79.9. The lowest BCUT2D eigenvalue weighted by Crippen LogP contribution is -2.46. The van der Waals surface area contributed by atoms with Crippen LogP contribution >= 0.6 is 15.9 Å². The van der Waals surface area contributed by atoms with Crippen LogP contribution in [0.1, 0.15) is 24.1 Å². The molecule has 1 aliphatic heterocycles. The smallest absolute Gasteiger partial charge is 0.319 e. The largest absolute Gasteiger partial charge is 0.493 e. The summed E-state index contributed by atoms with van der Waals surface area (Å²) in [6.45, 7) is 3.67. The van der Waals surface area contributed by atoms with Crippen LogP contribution < -0.4 is 25.4 Å². The van der Waals surface area contributed by atoms with Crippen molar-refractivity contribution in [2.24, 2.45) is 0 Å². The standard InChI is InChI=1S/C21H22BrN3O4/c1-11-5-7-13(8-6-11)24-20(26)18-12(2)23-21(27)25-19(18)14-9-16(28-3)17(29-4)10-15(14)22/h5-10,19H,1-4H3,(H,24,26)(H2,23,25,27). The number of allylic oxidation sites excluding steroid dienone is 1. The second-order valence-corrected chi connectivity index (χ2v) is 7.47. The zero-order valence-electron chi connectivity index (χ0n) is 16.6. The SMILES string of the molecule is COc1cc(Br)c(C2NC(=O)NC(C)=C2C(=O)Nc2ccc(C)cc2)cc1OC. The fraction of sp³-hybridized carbons (Fsp3) is 0.238. The van der Waals surface area contributed by atoms with Gasteiger partial charge in [0.25, 0.3) is 5.91 Å². The lowest BCUT2D eigenvalue weighted by molar-refractivity contribution is -0.113. The first-order valence-electron chi connectivity index (χ1n) is 8.91. The van der Waals surface area contributed by atoms with E-state index in [2.05, 4.69) is 31.9 Å². The molecular weight excluding hydrogens is 438 g/mol. The Kier molecular flexibility index (Phi) is 6.12. The van der Waals surface area contributed by atoms with E-state index in [1.165, 1.54) is 7.11 Å². The Hall–Kier alpha value is -3.00. The van der Waals surface area contributed by atoms with Crippen molar-refractivity contribution < 1.29 is 19.1 Å². The van der Waals surface area contributed by atoms with Crippen molar-refractivity contribution in [2.75, 3.05) is 19.5 Å². The molecule has 0 radical (unpaired) electrons. The number of urea groups is 1. The Morgan fingerprint density at radius 3 is 2.31 bits per heavy atom. The molecule has 1 heterocycles. The van der Waals surface area contributed by atoms with Gasteiger partial charge in [-0.2, -0.15) is 0 Å². The van der Waals surface area contributed by atoms with Gasteiger partial charge in [-0.1, -0.05) is 33.6 Å². The molecule has 0 aromatic heterocycles. The van der Waals surface area contributed by atoms with Crippen LogP contribution in [0.5, 0.6) is 11.5 Å². The molecule has 0 aliphatic carbocycles. The molecule has 152 valence electrons. The molecule has 3 N–H and O–H groups in total. The highest BCUT2D eigenvalue weighted by Gasteiger charge is 2.33. The maximum Gasteiger partial charge on any atom is 0.319 e. The molecule has 0 saturated carbocycles. The van der Waals surface area contributed by atoms with E-state index in [0.29, 0.717) is 38.5 Å². The highest BCUT2D eigenvalue weighted by Crippen LogP contribution is 2.39. The van der Waals surface area contributed by atoms with Gasteiger partial charge in [0.1, 0.15) is 0 Å². The minimum atomic E-state index is -0.677. The zero-order valence-corrected chi connectivity index (χ0v) is 18.1. The predicted molar refractivity (Wildman–Crippen MR) is 114 cm³/mol. The van der Waals surface area contributed by atoms with E-state index >= 15 is 0 Å². The van der Waals surface area contributed by atoms with E-state index in [4.69, 9.17) is 9.47 Å². The predicted octanol–water partition coefficient (Wildman–Crippen LogP) is 4.04. The molecule has 0 bridgehead atoms. The summed E-state index contributed by atoms with van der Waals surface area (Å²) in [4.78, 5) is 25.3. The van der Waals surface area contributed by atoms with Crippen LogP contribution in [0.15, 0.2) is 52.1 Å². The minimum absolute atomic E-state index is 0.314. The Morgan fingerprint density at radius 2 is 1.69 bits per heavy atom. The average Bonchev–Trinajstić information content (AvgIpc) is 2.68. The summed E-state index contributed by atoms with van der Waals surface area (Å²) in [5.74, 6) is 0.717. The van der Waals surface area contributed by atoms with Gasteiger partial charge < -0.3 is 25.4 Å². The highest BCUT2D eigenvalue weighted by molar-refractivity contribution is 9.10. The van der Waals surface area contributed by atoms with Crippen molar-refractivity contribution in [1.82, 2.24) is 10.6 Å². The third-order valence-corrected chi connectivity index (χ3v) is 5.32. The molecule has 1 aliphatic rings. The van der Waals surface area contributed by atoms with Crippen LogP contribution in [0.2, 0.25) is 0 Å². The Bertz CT molecular complexity index is 986. The number of benzene rings is 2. The maximum absolute atomic E-state index is 13.1. The Morgan fingerprint density at radius 1 is 1.07 bits per heavy atom. The number of amides is 3. The summed E-state index contributed by atoms with van der Waals surface area (Å²) >= 11 is 3.52. The van der Waals surface area contributed by atoms with Crippen LogP contribution in [0, 0.1) is 6.92 Å². The second-order valence-electron chi connectivity index (χ2n) is 6.62. The monoisotopic (exact) mass is 459 g/mol. The number of carbonyl (C=O) groups excluding carboxylic acids is 2. The lowest BCUT2D eigenvalue weighted by Gasteiger charge is -2.29. The van der Waals surface area contributed by atoms with Gasteiger partial charge >= 0.3 is 6.03 Å². The van der Waals surface area contributed by atoms with E-state index in [1.807, 2.05) is 31.2 Å². The van der Waals surface area contributed by atoms with E-state index in [-0.39, 0.29) is 11.9 Å². The summed E-state index contributed by atoms with van der Waals surface area (Å²) in [6, 6.07) is 9.92. The number of hydrogen-bond acceptors (Lipinski definition) is 4. The van der Waals surface area contributed by atoms with Crippen molar-refractivity contribution in [1.29, 1.82) is 0 Å². The van der Waals surface area contributed by atoms with Crippen LogP contribution in [0.3, 0.4) is 0 Å². The van der Waals surface area contributed by atoms with E-state index in [0.717, 1.165) is 5.56 Å². The number of carbonyl (C=O) groups is 2. The molecule has 1 atom stereocenters. The number of halogens is 1. The van der Waals surface area contributed by atoms with E-state index < -0.39 is 6.04 Å². The van der Waals surface area contributed by atoms with E-state index in [9.17, 15) is 9.59 Å². The average molecular weight is 460 g/mol. The first kappa shape index (κ1) is 20.7. The number of anilines is 1. The summed E-state index contributed by atoms with van der Waals surface area (Å²) in [6.07, 6.45) is 0. The molecule has 7 nitrogen and oxygen atoms in total. The molecule has 0 saturated heterocycles. The van der Waals surface area contributed by atoms with Gasteiger partial charge in [0.15, 0.2) is 11.5 Å². The fourth-order valence-electron chi connectivity index (χ4n) is 3.15. The van der Waals surface area contributed by atoms with E-state index in [1.54, 1.807) is 26.2 Å².